The maximum absolute atomic E-state index is 12.3. The third-order valence-electron chi connectivity index (χ3n) is 3.33. The molecule has 26 heavy (non-hydrogen) atoms. The molecule has 0 spiro atoms. The van der Waals surface area contributed by atoms with E-state index < -0.39 is 16.7 Å². The number of non-ortho nitro benzene ring substituents is 1. The summed E-state index contributed by atoms with van der Waals surface area (Å²) in [7, 11) is 0. The lowest BCUT2D eigenvalue weighted by molar-refractivity contribution is -0.384. The monoisotopic (exact) mass is 357 g/mol. The molecule has 0 aliphatic rings. The Labute approximate surface area is 150 Å². The van der Waals surface area contributed by atoms with Gasteiger partial charge in [0.05, 0.1) is 17.1 Å². The van der Waals surface area contributed by atoms with Gasteiger partial charge in [0.25, 0.3) is 17.5 Å². The summed E-state index contributed by atoms with van der Waals surface area (Å²) in [6.45, 7) is 4.44. The van der Waals surface area contributed by atoms with Crippen molar-refractivity contribution in [1.82, 2.24) is 10.9 Å². The van der Waals surface area contributed by atoms with E-state index >= 15 is 0 Å². The Bertz CT molecular complexity index is 803. The minimum Gasteiger partial charge on any atom is -0.492 e. The molecule has 0 aliphatic carbocycles. The molecule has 0 bridgehead atoms. The zero-order chi connectivity index (χ0) is 19.1. The van der Waals surface area contributed by atoms with Crippen LogP contribution in [0.1, 0.15) is 34.6 Å². The largest absolute Gasteiger partial charge is 0.492 e. The molecular formula is C18H19N3O5. The van der Waals surface area contributed by atoms with E-state index in [9.17, 15) is 19.7 Å². The number of rotatable bonds is 6. The zero-order valence-electron chi connectivity index (χ0n) is 14.4. The van der Waals surface area contributed by atoms with Crippen molar-refractivity contribution in [3.05, 3.63) is 69.8 Å². The summed E-state index contributed by atoms with van der Waals surface area (Å²) in [6.07, 6.45) is 0. The number of hydrazine groups is 1. The fourth-order valence-corrected chi connectivity index (χ4v) is 2.02. The predicted octanol–water partition coefficient (Wildman–Crippen LogP) is 2.70. The number of carbonyl (C=O) groups excluding carboxylic acids is 2. The van der Waals surface area contributed by atoms with Gasteiger partial charge in [-0.25, -0.2) is 0 Å². The summed E-state index contributed by atoms with van der Waals surface area (Å²) in [5.41, 5.74) is 4.93. The Balaban J connectivity index is 2.00. The van der Waals surface area contributed by atoms with Gasteiger partial charge in [0.15, 0.2) is 0 Å². The molecule has 2 N–H and O–H groups in total. The summed E-state index contributed by atoms with van der Waals surface area (Å²) in [5, 5.41) is 10.6. The summed E-state index contributed by atoms with van der Waals surface area (Å²) < 4.78 is 5.61. The summed E-state index contributed by atoms with van der Waals surface area (Å²) >= 11 is 0. The molecular weight excluding hydrogens is 338 g/mol. The zero-order valence-corrected chi connectivity index (χ0v) is 14.4. The molecule has 2 amide bonds. The van der Waals surface area contributed by atoms with Crippen molar-refractivity contribution in [2.45, 2.75) is 13.8 Å². The van der Waals surface area contributed by atoms with Crippen molar-refractivity contribution < 1.29 is 19.2 Å². The maximum atomic E-state index is 12.3. The molecule has 8 nitrogen and oxygen atoms in total. The molecule has 2 aromatic carbocycles. The Morgan fingerprint density at radius 2 is 1.65 bits per heavy atom. The topological polar surface area (TPSA) is 111 Å². The molecule has 0 aliphatic heterocycles. The van der Waals surface area contributed by atoms with E-state index in [0.29, 0.717) is 18.3 Å². The van der Waals surface area contributed by atoms with Crippen LogP contribution < -0.4 is 15.6 Å². The molecule has 0 fully saturated rings. The average molecular weight is 357 g/mol. The van der Waals surface area contributed by atoms with E-state index in [0.717, 1.165) is 0 Å². The van der Waals surface area contributed by atoms with Crippen LogP contribution in [-0.4, -0.2) is 23.3 Å². The standard InChI is InChI=1S/C18H19N3O5/c1-12(2)11-26-16-6-4-3-5-15(16)18(23)20-19-17(22)13-7-9-14(10-8-13)21(24)25/h3-10,12H,11H2,1-2H3,(H,19,22)(H,20,23). The second kappa shape index (κ2) is 8.61. The fraction of sp³-hybridized carbons (Fsp3) is 0.222. The lowest BCUT2D eigenvalue weighted by atomic mass is 10.2. The molecule has 8 heteroatoms. The third kappa shape index (κ3) is 5.04. The number of nitro benzene ring substituents is 1. The van der Waals surface area contributed by atoms with E-state index in [4.69, 9.17) is 4.74 Å². The second-order valence-corrected chi connectivity index (χ2v) is 5.91. The van der Waals surface area contributed by atoms with Gasteiger partial charge < -0.3 is 4.74 Å². The van der Waals surface area contributed by atoms with Crippen LogP contribution >= 0.6 is 0 Å². The fourth-order valence-electron chi connectivity index (χ4n) is 2.02. The molecule has 0 saturated carbocycles. The van der Waals surface area contributed by atoms with Crippen LogP contribution in [0.2, 0.25) is 0 Å². The Morgan fingerprint density at radius 3 is 2.27 bits per heavy atom. The number of benzene rings is 2. The molecule has 0 unspecified atom stereocenters. The van der Waals surface area contributed by atoms with Gasteiger partial charge in [0, 0.05) is 17.7 Å². The van der Waals surface area contributed by atoms with Crippen molar-refractivity contribution in [3.63, 3.8) is 0 Å². The number of amides is 2. The van der Waals surface area contributed by atoms with Crippen LogP contribution in [0.25, 0.3) is 0 Å². The Kier molecular flexibility index (Phi) is 6.26. The first-order chi connectivity index (χ1) is 12.4. The maximum Gasteiger partial charge on any atom is 0.273 e. The van der Waals surface area contributed by atoms with Crippen molar-refractivity contribution >= 4 is 17.5 Å². The van der Waals surface area contributed by atoms with E-state index in [1.165, 1.54) is 24.3 Å². The minimum absolute atomic E-state index is 0.123. The summed E-state index contributed by atoms with van der Waals surface area (Å²) in [4.78, 5) is 34.4. The number of carbonyl (C=O) groups is 2. The van der Waals surface area contributed by atoms with Crippen LogP contribution in [0.15, 0.2) is 48.5 Å². The van der Waals surface area contributed by atoms with E-state index in [2.05, 4.69) is 10.9 Å². The van der Waals surface area contributed by atoms with Crippen LogP contribution in [0.4, 0.5) is 5.69 Å². The average Bonchev–Trinajstić information content (AvgIpc) is 2.64. The molecule has 2 aromatic rings. The van der Waals surface area contributed by atoms with Gasteiger partial charge >= 0.3 is 0 Å². The SMILES string of the molecule is CC(C)COc1ccccc1C(=O)NNC(=O)c1ccc([N+](=O)[O-])cc1. The van der Waals surface area contributed by atoms with Gasteiger partial charge in [-0.2, -0.15) is 0 Å². The van der Waals surface area contributed by atoms with Crippen molar-refractivity contribution in [2.75, 3.05) is 6.61 Å². The Hall–Kier alpha value is -3.42. The normalized spacial score (nSPS) is 10.3. The van der Waals surface area contributed by atoms with Crippen LogP contribution in [-0.2, 0) is 0 Å². The van der Waals surface area contributed by atoms with Gasteiger partial charge in [-0.05, 0) is 30.2 Å². The van der Waals surface area contributed by atoms with E-state index in [-0.39, 0.29) is 16.8 Å². The highest BCUT2D eigenvalue weighted by atomic mass is 16.6. The highest BCUT2D eigenvalue weighted by Crippen LogP contribution is 2.18. The van der Waals surface area contributed by atoms with Gasteiger partial charge in [0.2, 0.25) is 0 Å². The van der Waals surface area contributed by atoms with Crippen molar-refractivity contribution in [1.29, 1.82) is 0 Å². The first kappa shape index (κ1) is 18.9. The quantitative estimate of drug-likeness (QED) is 0.610. The highest BCUT2D eigenvalue weighted by Gasteiger charge is 2.14. The molecule has 0 radical (unpaired) electrons. The molecule has 0 aromatic heterocycles. The van der Waals surface area contributed by atoms with Gasteiger partial charge in [0.1, 0.15) is 5.75 Å². The second-order valence-electron chi connectivity index (χ2n) is 5.91. The van der Waals surface area contributed by atoms with E-state index in [1.807, 2.05) is 13.8 Å². The minimum atomic E-state index is -0.589. The number of nitro groups is 1. The first-order valence-corrected chi connectivity index (χ1v) is 7.95. The molecule has 2 rings (SSSR count). The number of para-hydroxylation sites is 1. The predicted molar refractivity (Wildman–Crippen MR) is 94.8 cm³/mol. The van der Waals surface area contributed by atoms with E-state index in [1.54, 1.807) is 24.3 Å². The molecule has 0 heterocycles. The van der Waals surface area contributed by atoms with Crippen molar-refractivity contribution in [3.8, 4) is 5.75 Å². The number of nitrogens with one attached hydrogen (secondary N) is 2. The summed E-state index contributed by atoms with van der Waals surface area (Å²) in [5.74, 6) is -0.398. The smallest absolute Gasteiger partial charge is 0.273 e. The summed E-state index contributed by atoms with van der Waals surface area (Å²) in [6, 6.07) is 11.7. The highest BCUT2D eigenvalue weighted by molar-refractivity contribution is 6.00. The molecule has 136 valence electrons. The van der Waals surface area contributed by atoms with Crippen LogP contribution in [0.5, 0.6) is 5.75 Å². The van der Waals surface area contributed by atoms with Gasteiger partial charge in [-0.3, -0.25) is 30.6 Å². The van der Waals surface area contributed by atoms with Gasteiger partial charge in [-0.1, -0.05) is 26.0 Å². The number of nitrogens with zero attached hydrogens (tertiary/aromatic N) is 1. The number of hydrogen-bond donors (Lipinski definition) is 2. The third-order valence-corrected chi connectivity index (χ3v) is 3.33. The number of hydrogen-bond acceptors (Lipinski definition) is 5. The first-order valence-electron chi connectivity index (χ1n) is 7.95. The Morgan fingerprint density at radius 1 is 1.04 bits per heavy atom. The number of ether oxygens (including phenoxy) is 1. The lowest BCUT2D eigenvalue weighted by Gasteiger charge is -2.13. The van der Waals surface area contributed by atoms with Crippen LogP contribution in [0, 0.1) is 16.0 Å². The van der Waals surface area contributed by atoms with Gasteiger partial charge in [-0.15, -0.1) is 0 Å². The lowest BCUT2D eigenvalue weighted by Crippen LogP contribution is -2.41. The molecule has 0 saturated heterocycles. The van der Waals surface area contributed by atoms with Crippen molar-refractivity contribution in [2.24, 2.45) is 5.92 Å². The molecule has 0 atom stereocenters. The van der Waals surface area contributed by atoms with Crippen LogP contribution in [0.3, 0.4) is 0 Å².